The minimum atomic E-state index is -4.43. The third-order valence-corrected chi connectivity index (χ3v) is 9.13. The van der Waals surface area contributed by atoms with Crippen molar-refractivity contribution in [3.05, 3.63) is 36.7 Å². The van der Waals surface area contributed by atoms with Gasteiger partial charge in [0.15, 0.2) is 11.5 Å². The summed E-state index contributed by atoms with van der Waals surface area (Å²) in [5.41, 5.74) is 7.00. The summed E-state index contributed by atoms with van der Waals surface area (Å²) in [5, 5.41) is 14.3. The summed E-state index contributed by atoms with van der Waals surface area (Å²) in [6.45, 7) is 6.42. The summed E-state index contributed by atoms with van der Waals surface area (Å²) in [7, 11) is -4.43. The Balaban J connectivity index is 1.47. The number of hydrogen-bond acceptors (Lipinski definition) is 11. The number of carbonyl (C=O) groups is 1. The first-order valence-corrected chi connectivity index (χ1v) is 14.5. The van der Waals surface area contributed by atoms with Crippen LogP contribution in [0.2, 0.25) is 0 Å². The van der Waals surface area contributed by atoms with E-state index in [0.717, 1.165) is 0 Å². The molecule has 5 rings (SSSR count). The molecule has 2 aromatic heterocycles. The first kappa shape index (κ1) is 28.8. The van der Waals surface area contributed by atoms with Gasteiger partial charge in [-0.2, -0.15) is 15.1 Å². The van der Waals surface area contributed by atoms with Gasteiger partial charge in [-0.3, -0.25) is 9.32 Å². The summed E-state index contributed by atoms with van der Waals surface area (Å²) in [4.78, 5) is 24.7. The fourth-order valence-corrected chi connectivity index (χ4v) is 7.44. The van der Waals surface area contributed by atoms with E-state index in [2.05, 4.69) is 26.0 Å². The second-order valence-electron chi connectivity index (χ2n) is 10.6. The number of nitrogens with one attached hydrogen (secondary N) is 1. The molecule has 1 aromatic carbocycles. The van der Waals surface area contributed by atoms with Crippen molar-refractivity contribution in [2.24, 2.45) is 11.8 Å². The number of para-hydroxylation sites is 1. The molecule has 3 aromatic rings. The van der Waals surface area contributed by atoms with E-state index in [0.29, 0.717) is 0 Å². The van der Waals surface area contributed by atoms with Crippen molar-refractivity contribution >= 4 is 36.6 Å². The van der Waals surface area contributed by atoms with Gasteiger partial charge in [0.05, 0.1) is 18.5 Å². The number of halogens is 1. The molecule has 2 aliphatic rings. The van der Waals surface area contributed by atoms with Crippen LogP contribution in [0.1, 0.15) is 33.7 Å². The van der Waals surface area contributed by atoms with Gasteiger partial charge in [0.1, 0.15) is 29.0 Å². The smallest absolute Gasteiger partial charge is 0.459 e. The zero-order valence-corrected chi connectivity index (χ0v) is 23.7. The first-order chi connectivity index (χ1) is 19.3. The lowest BCUT2D eigenvalue weighted by Crippen LogP contribution is -2.47. The van der Waals surface area contributed by atoms with Gasteiger partial charge >= 0.3 is 13.7 Å². The predicted molar refractivity (Wildman–Crippen MR) is 147 cm³/mol. The average molecular weight is 588 g/mol. The van der Waals surface area contributed by atoms with Crippen molar-refractivity contribution < 1.29 is 32.6 Å². The molecule has 0 aliphatic heterocycles. The fourth-order valence-electron chi connectivity index (χ4n) is 5.71. The molecular formula is C26H31FN7O6P. The van der Waals surface area contributed by atoms with Crippen LogP contribution < -0.4 is 21.1 Å². The number of hydrogen-bond donors (Lipinski definition) is 4. The number of carbonyl (C=O) groups excluding carboxylic acids is 1. The van der Waals surface area contributed by atoms with E-state index in [4.69, 9.17) is 31.7 Å². The topological polar surface area (TPSA) is 190 Å². The minimum Gasteiger partial charge on any atom is -0.462 e. The maximum Gasteiger partial charge on any atom is 0.459 e. The van der Waals surface area contributed by atoms with Crippen LogP contribution in [0.15, 0.2) is 36.7 Å². The Hall–Kier alpha value is -3.76. The number of imidazole rings is 1. The number of nitrogen functional groups attached to an aromatic ring is 2. The van der Waals surface area contributed by atoms with E-state index in [1.807, 2.05) is 0 Å². The molecule has 1 unspecified atom stereocenters. The molecule has 0 radical (unpaired) electrons. The molecule has 218 valence electrons. The number of aromatic nitrogens is 4. The van der Waals surface area contributed by atoms with E-state index in [1.165, 1.54) is 30.0 Å². The standard InChI is InChI=1S/C26H31FN7O6P/c1-6-25(27)19(34-12-30-18-21(28)31-24(29)32-22(18)34)14(4)17-20(26(17,25)36)40-41(37,39-16-10-8-7-9-11-16)33-15(5)23(35)38-13(2)3/h1,7-15,17,19-20,36H,2-5H3,(H,33,37)(H4,28,29,31,32)/t14-,15-,17+,19+,20?,25-,26-,41+/m0/s1. The van der Waals surface area contributed by atoms with Crippen molar-refractivity contribution in [2.75, 3.05) is 11.5 Å². The third-order valence-electron chi connectivity index (χ3n) is 7.47. The second kappa shape index (κ2) is 9.95. The van der Waals surface area contributed by atoms with Crippen LogP contribution in [0, 0.1) is 24.2 Å². The van der Waals surface area contributed by atoms with Gasteiger partial charge in [0.2, 0.25) is 11.6 Å². The lowest BCUT2D eigenvalue weighted by molar-refractivity contribution is -0.149. The van der Waals surface area contributed by atoms with Crippen molar-refractivity contribution in [3.8, 4) is 18.1 Å². The monoisotopic (exact) mass is 587 g/mol. The highest BCUT2D eigenvalue weighted by Gasteiger charge is 2.87. The summed E-state index contributed by atoms with van der Waals surface area (Å²) >= 11 is 0. The van der Waals surface area contributed by atoms with Gasteiger partial charge in [-0.15, -0.1) is 6.42 Å². The molecule has 6 N–H and O–H groups in total. The van der Waals surface area contributed by atoms with Crippen molar-refractivity contribution in [2.45, 2.75) is 63.3 Å². The van der Waals surface area contributed by atoms with Crippen molar-refractivity contribution in [1.82, 2.24) is 24.6 Å². The Morgan fingerprint density at radius 2 is 1.95 bits per heavy atom. The largest absolute Gasteiger partial charge is 0.462 e. The van der Waals surface area contributed by atoms with Crippen LogP contribution in [0.5, 0.6) is 5.75 Å². The van der Waals surface area contributed by atoms with Gasteiger partial charge in [-0.05, 0) is 38.8 Å². The number of esters is 1. The number of benzene rings is 1. The molecule has 15 heteroatoms. The molecule has 2 heterocycles. The minimum absolute atomic E-state index is 0.00216. The fraction of sp³-hybridized carbons (Fsp3) is 0.462. The van der Waals surface area contributed by atoms with Crippen LogP contribution >= 0.6 is 7.75 Å². The Morgan fingerprint density at radius 3 is 2.59 bits per heavy atom. The van der Waals surface area contributed by atoms with Crippen LogP contribution in [-0.2, 0) is 18.6 Å². The molecule has 0 bridgehead atoms. The Kier molecular flexibility index (Phi) is 6.98. The van der Waals surface area contributed by atoms with Gasteiger partial charge in [0.25, 0.3) is 0 Å². The molecule has 0 saturated heterocycles. The second-order valence-corrected chi connectivity index (χ2v) is 12.2. The molecule has 2 aliphatic carbocycles. The van der Waals surface area contributed by atoms with Crippen molar-refractivity contribution in [3.63, 3.8) is 0 Å². The first-order valence-electron chi connectivity index (χ1n) is 12.9. The molecule has 0 amide bonds. The number of ether oxygens (including phenoxy) is 1. The number of terminal acetylenes is 1. The van der Waals surface area contributed by atoms with Gasteiger partial charge in [-0.25, -0.2) is 13.9 Å². The lowest BCUT2D eigenvalue weighted by Gasteiger charge is -2.34. The lowest BCUT2D eigenvalue weighted by atomic mass is 9.88. The molecule has 2 saturated carbocycles. The Bertz CT molecular complexity index is 1580. The number of fused-ring (bicyclic) bond motifs is 2. The highest BCUT2D eigenvalue weighted by Crippen LogP contribution is 2.72. The molecule has 2 fully saturated rings. The van der Waals surface area contributed by atoms with E-state index in [9.17, 15) is 14.5 Å². The summed E-state index contributed by atoms with van der Waals surface area (Å²) in [6, 6.07) is 5.77. The summed E-state index contributed by atoms with van der Waals surface area (Å²) in [5.74, 6) is -0.202. The van der Waals surface area contributed by atoms with Gasteiger partial charge < -0.3 is 30.4 Å². The quantitative estimate of drug-likeness (QED) is 0.163. The normalized spacial score (nSPS) is 30.8. The average Bonchev–Trinajstić information content (AvgIpc) is 3.18. The third kappa shape index (κ3) is 4.59. The maximum atomic E-state index is 16.9. The number of nitrogens with two attached hydrogens (primary N) is 2. The van der Waals surface area contributed by atoms with Crippen LogP contribution in [0.25, 0.3) is 11.2 Å². The van der Waals surface area contributed by atoms with Crippen LogP contribution in [-0.4, -0.2) is 60.1 Å². The number of nitrogens with zero attached hydrogens (tertiary/aromatic N) is 4. The van der Waals surface area contributed by atoms with E-state index >= 15 is 4.39 Å². The van der Waals surface area contributed by atoms with E-state index in [-0.39, 0.29) is 28.7 Å². The van der Waals surface area contributed by atoms with E-state index in [1.54, 1.807) is 39.0 Å². The Labute approximate surface area is 235 Å². The van der Waals surface area contributed by atoms with Crippen LogP contribution in [0.4, 0.5) is 16.2 Å². The van der Waals surface area contributed by atoms with Gasteiger partial charge in [-0.1, -0.05) is 31.0 Å². The van der Waals surface area contributed by atoms with E-state index < -0.39 is 61.1 Å². The molecule has 0 spiro atoms. The van der Waals surface area contributed by atoms with Crippen LogP contribution in [0.3, 0.4) is 0 Å². The maximum absolute atomic E-state index is 16.9. The predicted octanol–water partition coefficient (Wildman–Crippen LogP) is 2.39. The summed E-state index contributed by atoms with van der Waals surface area (Å²) in [6.07, 6.45) is 5.23. The summed E-state index contributed by atoms with van der Waals surface area (Å²) < 4.78 is 49.1. The molecule has 41 heavy (non-hydrogen) atoms. The number of aliphatic hydroxyl groups is 1. The SMILES string of the molecule is C#C[C@]1(F)[C@H](n2cnc3c(N)nc(N)nc32)[C@@H](C)[C@@H]2C(O[P@@](=O)(N[C@@H](C)C(=O)OC(C)C)Oc3ccccc3)[C@@]21O. The number of rotatable bonds is 9. The van der Waals surface area contributed by atoms with Crippen molar-refractivity contribution in [1.29, 1.82) is 0 Å². The number of alkyl halides is 1. The van der Waals surface area contributed by atoms with Gasteiger partial charge in [0, 0.05) is 5.92 Å². The Morgan fingerprint density at radius 1 is 1.27 bits per heavy atom. The zero-order valence-electron chi connectivity index (χ0n) is 22.8. The molecular weight excluding hydrogens is 556 g/mol. The highest BCUT2D eigenvalue weighted by atomic mass is 31.2. The zero-order chi connectivity index (χ0) is 29.9. The highest BCUT2D eigenvalue weighted by molar-refractivity contribution is 7.52. The number of anilines is 2. The molecule has 8 atom stereocenters. The molecule has 13 nitrogen and oxygen atoms in total.